The summed E-state index contributed by atoms with van der Waals surface area (Å²) in [5.41, 5.74) is -3.67. The summed E-state index contributed by atoms with van der Waals surface area (Å²) in [7, 11) is 0. The zero-order valence-electron chi connectivity index (χ0n) is 33.8. The number of phenols is 19. The number of hydrogen-bond donors (Lipinski definition) is 19. The van der Waals surface area contributed by atoms with Crippen LogP contribution >= 0.6 is 0 Å². The van der Waals surface area contributed by atoms with Crippen LogP contribution in [0.3, 0.4) is 0 Å². The van der Waals surface area contributed by atoms with Gasteiger partial charge in [0, 0.05) is 43.4 Å². The van der Waals surface area contributed by atoms with Gasteiger partial charge in [-0.25, -0.2) is 0 Å². The van der Waals surface area contributed by atoms with Crippen molar-refractivity contribution in [2.75, 3.05) is 0 Å². The molecule has 0 atom stereocenters. The van der Waals surface area contributed by atoms with E-state index in [2.05, 4.69) is 0 Å². The molecule has 10 aromatic rings. The van der Waals surface area contributed by atoms with Crippen LogP contribution in [0.4, 0.5) is 0 Å². The monoisotopic (exact) mass is 926 g/mol. The standard InChI is InChI=1S/C48H30O20/c49-30-21-19(14-5-3-4-12(10-14)13-8-9-18-16(11-13)15-6-1-2-7-17(15)68-18)22-24(34(53)43(62)42(61)33(22)52)20(25-31(50)27-28(37(56)35(25)54)39(58)45(64)44(63)38(27)57)23(21)32(51)36(55)26(30)29-40(59)46(65)48(67)47(66)41(29)60/h1-11,49-67H. The number of fused-ring (bicyclic) bond motifs is 6. The van der Waals surface area contributed by atoms with Crippen LogP contribution in [0.25, 0.3) is 98.8 Å². The van der Waals surface area contributed by atoms with Gasteiger partial charge in [0.25, 0.3) is 0 Å². The summed E-state index contributed by atoms with van der Waals surface area (Å²) < 4.78 is 5.97. The first-order valence-corrected chi connectivity index (χ1v) is 19.5. The van der Waals surface area contributed by atoms with Gasteiger partial charge >= 0.3 is 0 Å². The van der Waals surface area contributed by atoms with E-state index < -0.39 is 169 Å². The van der Waals surface area contributed by atoms with Crippen molar-refractivity contribution in [3.05, 3.63) is 66.7 Å². The lowest BCUT2D eigenvalue weighted by Crippen LogP contribution is -1.97. The summed E-state index contributed by atoms with van der Waals surface area (Å²) in [5.74, 6) is -28.2. The Morgan fingerprint density at radius 2 is 0.574 bits per heavy atom. The Morgan fingerprint density at radius 3 is 1.16 bits per heavy atom. The maximum atomic E-state index is 12.6. The first kappa shape index (κ1) is 41.8. The van der Waals surface area contributed by atoms with E-state index in [1.54, 1.807) is 42.5 Å². The Labute approximate surface area is 375 Å². The maximum absolute atomic E-state index is 12.6. The summed E-state index contributed by atoms with van der Waals surface area (Å²) in [4.78, 5) is 0. The van der Waals surface area contributed by atoms with Crippen molar-refractivity contribution in [3.63, 3.8) is 0 Å². The highest BCUT2D eigenvalue weighted by Gasteiger charge is 2.38. The number of benzene rings is 9. The molecule has 0 bridgehead atoms. The van der Waals surface area contributed by atoms with Crippen LogP contribution in [0.15, 0.2) is 71.1 Å². The fourth-order valence-corrected chi connectivity index (χ4v) is 8.96. The van der Waals surface area contributed by atoms with Gasteiger partial charge in [-0.05, 0) is 41.0 Å². The van der Waals surface area contributed by atoms with Crippen molar-refractivity contribution in [1.82, 2.24) is 0 Å². The second-order valence-electron chi connectivity index (χ2n) is 15.6. The third kappa shape index (κ3) is 5.17. The van der Waals surface area contributed by atoms with Crippen molar-refractivity contribution in [2.45, 2.75) is 0 Å². The number of para-hydroxylation sites is 1. The van der Waals surface area contributed by atoms with Crippen molar-refractivity contribution in [1.29, 1.82) is 0 Å². The lowest BCUT2D eigenvalue weighted by atomic mass is 9.81. The highest BCUT2D eigenvalue weighted by molar-refractivity contribution is 6.31. The molecule has 0 saturated carbocycles. The number of aromatic hydroxyl groups is 19. The van der Waals surface area contributed by atoms with Crippen LogP contribution in [0.5, 0.6) is 109 Å². The lowest BCUT2D eigenvalue weighted by molar-refractivity contribution is 0.329. The molecule has 0 radical (unpaired) electrons. The molecule has 1 heterocycles. The van der Waals surface area contributed by atoms with E-state index in [1.807, 2.05) is 6.07 Å². The summed E-state index contributed by atoms with van der Waals surface area (Å²) in [6.07, 6.45) is 0. The maximum Gasteiger partial charge on any atom is 0.208 e. The van der Waals surface area contributed by atoms with Gasteiger partial charge in [-0.3, -0.25) is 0 Å². The minimum absolute atomic E-state index is 0.144. The molecule has 20 heteroatoms. The average molecular weight is 927 g/mol. The SMILES string of the molecule is Oc1c(O)c(O)c(-c2c(O)c(O)c3c(-c4c(O)c(O)c5c(O)c(O)c(O)c(O)c5c4O)c4c(O)c(O)c(O)c(O)c4c(-c4cccc(-c5ccc6oc7ccccc7c6c5)c4)c3c2O)c(O)c1O. The number of hydrogen-bond acceptors (Lipinski definition) is 20. The molecular formula is C48H30O20. The predicted octanol–water partition coefficient (Wildman–Crippen LogP) is 8.12. The van der Waals surface area contributed by atoms with Crippen LogP contribution < -0.4 is 0 Å². The Hall–Kier alpha value is -10.2. The Morgan fingerprint density at radius 1 is 0.221 bits per heavy atom. The molecule has 0 aliphatic heterocycles. The number of furan rings is 1. The fourth-order valence-electron chi connectivity index (χ4n) is 8.96. The molecule has 0 amide bonds. The Balaban J connectivity index is 1.46. The average Bonchev–Trinajstić information content (AvgIpc) is 3.71. The minimum atomic E-state index is -1.59. The molecule has 0 fully saturated rings. The largest absolute Gasteiger partial charge is 0.506 e. The molecule has 0 unspecified atom stereocenters. The van der Waals surface area contributed by atoms with Crippen LogP contribution in [-0.4, -0.2) is 97.0 Å². The molecule has 19 N–H and O–H groups in total. The van der Waals surface area contributed by atoms with Gasteiger partial charge in [-0.1, -0.05) is 42.5 Å². The third-order valence-electron chi connectivity index (χ3n) is 12.1. The first-order valence-electron chi connectivity index (χ1n) is 19.5. The third-order valence-corrected chi connectivity index (χ3v) is 12.1. The van der Waals surface area contributed by atoms with Gasteiger partial charge in [0.2, 0.25) is 40.2 Å². The van der Waals surface area contributed by atoms with Gasteiger partial charge in [-0.2, -0.15) is 0 Å². The van der Waals surface area contributed by atoms with Crippen molar-refractivity contribution in [2.24, 2.45) is 0 Å². The second kappa shape index (κ2) is 13.9. The quantitative estimate of drug-likeness (QED) is 0.0450. The summed E-state index contributed by atoms with van der Waals surface area (Å²) in [5, 5.41) is 209. The predicted molar refractivity (Wildman–Crippen MR) is 240 cm³/mol. The van der Waals surface area contributed by atoms with E-state index >= 15 is 0 Å². The van der Waals surface area contributed by atoms with Crippen LogP contribution in [-0.2, 0) is 0 Å². The van der Waals surface area contributed by atoms with Gasteiger partial charge < -0.3 is 101 Å². The van der Waals surface area contributed by atoms with Crippen LogP contribution in [0, 0.1) is 0 Å². The molecule has 0 aliphatic carbocycles. The molecular weight excluding hydrogens is 897 g/mol. The normalized spacial score (nSPS) is 11.8. The Bertz CT molecular complexity index is 3940. The molecule has 10 rings (SSSR count). The smallest absolute Gasteiger partial charge is 0.208 e. The Kier molecular flexibility index (Phi) is 8.52. The molecule has 1 aromatic heterocycles. The highest BCUT2D eigenvalue weighted by Crippen LogP contribution is 2.68. The van der Waals surface area contributed by atoms with Gasteiger partial charge in [0.05, 0.1) is 27.5 Å². The zero-order valence-corrected chi connectivity index (χ0v) is 33.8. The molecule has 9 aromatic carbocycles. The summed E-state index contributed by atoms with van der Waals surface area (Å²) in [6, 6.07) is 18.1. The molecule has 0 spiro atoms. The highest BCUT2D eigenvalue weighted by atomic mass is 16.4. The van der Waals surface area contributed by atoms with E-state index in [4.69, 9.17) is 4.42 Å². The van der Waals surface area contributed by atoms with Gasteiger partial charge in [-0.15, -0.1) is 0 Å². The molecule has 0 saturated heterocycles. The first-order chi connectivity index (χ1) is 32.2. The van der Waals surface area contributed by atoms with Crippen molar-refractivity contribution >= 4 is 54.3 Å². The molecule has 342 valence electrons. The van der Waals surface area contributed by atoms with E-state index in [9.17, 15) is 97.0 Å². The van der Waals surface area contributed by atoms with Crippen molar-refractivity contribution in [3.8, 4) is 154 Å². The summed E-state index contributed by atoms with van der Waals surface area (Å²) >= 11 is 0. The van der Waals surface area contributed by atoms with Crippen LogP contribution in [0.2, 0.25) is 0 Å². The molecule has 0 aliphatic rings. The molecule has 68 heavy (non-hydrogen) atoms. The number of rotatable bonds is 4. The second-order valence-corrected chi connectivity index (χ2v) is 15.6. The van der Waals surface area contributed by atoms with E-state index in [1.165, 1.54) is 18.2 Å². The zero-order chi connectivity index (χ0) is 48.8. The van der Waals surface area contributed by atoms with E-state index in [-0.39, 0.29) is 5.56 Å². The van der Waals surface area contributed by atoms with Crippen LogP contribution in [0.1, 0.15) is 0 Å². The van der Waals surface area contributed by atoms with Gasteiger partial charge in [0.1, 0.15) is 22.7 Å². The van der Waals surface area contributed by atoms with E-state index in [0.717, 1.165) is 5.39 Å². The number of phenolic OH excluding ortho intramolecular Hbond substituents is 19. The lowest BCUT2D eigenvalue weighted by Gasteiger charge is -2.25. The van der Waals surface area contributed by atoms with Gasteiger partial charge in [0.15, 0.2) is 57.5 Å². The molecule has 20 nitrogen and oxygen atoms in total. The van der Waals surface area contributed by atoms with Crippen molar-refractivity contribution < 1.29 is 101 Å². The topological polar surface area (TPSA) is 398 Å². The fraction of sp³-hybridized carbons (Fsp3) is 0. The summed E-state index contributed by atoms with van der Waals surface area (Å²) in [6.45, 7) is 0. The minimum Gasteiger partial charge on any atom is -0.506 e. The van der Waals surface area contributed by atoms with E-state index in [0.29, 0.717) is 27.7 Å².